The fourth-order valence-corrected chi connectivity index (χ4v) is 2.92. The van der Waals surface area contributed by atoms with Gasteiger partial charge in [-0.1, -0.05) is 35.5 Å². The molecule has 28 heavy (non-hydrogen) atoms. The predicted octanol–water partition coefficient (Wildman–Crippen LogP) is 4.05. The van der Waals surface area contributed by atoms with Crippen LogP contribution >= 0.6 is 0 Å². The first kappa shape index (κ1) is 19.4. The number of rotatable bonds is 7. The second-order valence-corrected chi connectivity index (χ2v) is 6.30. The first-order chi connectivity index (χ1) is 13.6. The number of carbonyl (C=O) groups excluding carboxylic acids is 1. The molecule has 1 heterocycles. The summed E-state index contributed by atoms with van der Waals surface area (Å²) in [6.45, 7) is 4.41. The minimum absolute atomic E-state index is 0.288. The number of amides is 2. The largest absolute Gasteiger partial charge is 0.495 e. The lowest BCUT2D eigenvalue weighted by Gasteiger charge is -2.24. The van der Waals surface area contributed by atoms with Crippen LogP contribution in [-0.4, -0.2) is 42.9 Å². The van der Waals surface area contributed by atoms with Crippen molar-refractivity contribution in [2.24, 2.45) is 5.16 Å². The molecule has 0 saturated heterocycles. The average molecular weight is 383 g/mol. The molecule has 0 saturated carbocycles. The van der Waals surface area contributed by atoms with Crippen molar-refractivity contribution in [2.45, 2.75) is 12.5 Å². The number of oxime groups is 1. The van der Waals surface area contributed by atoms with Gasteiger partial charge in [-0.3, -0.25) is 0 Å². The fraction of sp³-hybridized carbons (Fsp3) is 0.238. The summed E-state index contributed by atoms with van der Waals surface area (Å²) >= 11 is 0. The molecular weight excluding hydrogens is 361 g/mol. The second kappa shape index (κ2) is 9.03. The van der Waals surface area contributed by atoms with E-state index in [9.17, 15) is 9.18 Å². The molecule has 1 aliphatic rings. The quantitative estimate of drug-likeness (QED) is 0.734. The lowest BCUT2D eigenvalue weighted by molar-refractivity contribution is 0.0645. The van der Waals surface area contributed by atoms with E-state index < -0.39 is 0 Å². The third-order valence-corrected chi connectivity index (χ3v) is 4.32. The number of methoxy groups -OCH3 is 1. The van der Waals surface area contributed by atoms with Gasteiger partial charge in [0.1, 0.15) is 11.6 Å². The maximum Gasteiger partial charge on any atom is 0.322 e. The topological polar surface area (TPSA) is 63.2 Å². The molecular formula is C21H22FN3O3. The molecule has 3 rings (SSSR count). The zero-order valence-electron chi connectivity index (χ0n) is 15.6. The first-order valence-electron chi connectivity index (χ1n) is 8.89. The van der Waals surface area contributed by atoms with Gasteiger partial charge in [0, 0.05) is 13.0 Å². The maximum atomic E-state index is 13.1. The molecule has 1 aliphatic heterocycles. The van der Waals surface area contributed by atoms with Gasteiger partial charge in [0.15, 0.2) is 6.10 Å². The Morgan fingerprint density at radius 1 is 1.36 bits per heavy atom. The van der Waals surface area contributed by atoms with Crippen molar-refractivity contribution >= 4 is 17.4 Å². The Kier molecular flexibility index (Phi) is 6.26. The van der Waals surface area contributed by atoms with E-state index >= 15 is 0 Å². The molecule has 2 aromatic rings. The summed E-state index contributed by atoms with van der Waals surface area (Å²) in [6.07, 6.45) is 1.89. The van der Waals surface area contributed by atoms with Crippen molar-refractivity contribution in [2.75, 3.05) is 25.5 Å². The van der Waals surface area contributed by atoms with E-state index in [0.29, 0.717) is 30.9 Å². The number of para-hydroxylation sites is 2. The number of anilines is 1. The van der Waals surface area contributed by atoms with Gasteiger partial charge >= 0.3 is 6.03 Å². The van der Waals surface area contributed by atoms with E-state index in [1.807, 2.05) is 12.1 Å². The minimum atomic E-state index is -0.301. The van der Waals surface area contributed by atoms with Gasteiger partial charge in [-0.15, -0.1) is 6.58 Å². The number of carbonyl (C=O) groups is 1. The van der Waals surface area contributed by atoms with E-state index in [1.54, 1.807) is 42.4 Å². The van der Waals surface area contributed by atoms with Crippen molar-refractivity contribution in [1.82, 2.24) is 4.90 Å². The third-order valence-electron chi connectivity index (χ3n) is 4.32. The van der Waals surface area contributed by atoms with Crippen LogP contribution in [0.15, 0.2) is 66.3 Å². The summed E-state index contributed by atoms with van der Waals surface area (Å²) in [5.41, 5.74) is 2.12. The number of nitrogens with zero attached hydrogens (tertiary/aromatic N) is 2. The molecule has 146 valence electrons. The van der Waals surface area contributed by atoms with E-state index in [-0.39, 0.29) is 18.0 Å². The number of nitrogens with one attached hydrogen (secondary N) is 1. The Hall–Kier alpha value is -3.35. The molecule has 0 radical (unpaired) electrons. The number of hydrogen-bond donors (Lipinski definition) is 1. The van der Waals surface area contributed by atoms with Crippen LogP contribution in [0.2, 0.25) is 0 Å². The average Bonchev–Trinajstić information content (AvgIpc) is 3.17. The molecule has 2 aromatic carbocycles. The molecule has 7 heteroatoms. The van der Waals surface area contributed by atoms with Crippen LogP contribution in [0.5, 0.6) is 5.75 Å². The van der Waals surface area contributed by atoms with Gasteiger partial charge < -0.3 is 19.8 Å². The van der Waals surface area contributed by atoms with Crippen molar-refractivity contribution in [3.05, 3.63) is 72.6 Å². The number of urea groups is 1. The zero-order valence-corrected chi connectivity index (χ0v) is 15.6. The Morgan fingerprint density at radius 2 is 2.11 bits per heavy atom. The van der Waals surface area contributed by atoms with Crippen LogP contribution in [0, 0.1) is 5.82 Å². The van der Waals surface area contributed by atoms with Gasteiger partial charge in [0.05, 0.1) is 25.1 Å². The van der Waals surface area contributed by atoms with Crippen LogP contribution < -0.4 is 10.1 Å². The summed E-state index contributed by atoms with van der Waals surface area (Å²) in [6, 6.07) is 13.0. The van der Waals surface area contributed by atoms with Crippen molar-refractivity contribution < 1.29 is 18.8 Å². The summed E-state index contributed by atoms with van der Waals surface area (Å²) < 4.78 is 18.4. The van der Waals surface area contributed by atoms with E-state index in [2.05, 4.69) is 17.1 Å². The summed E-state index contributed by atoms with van der Waals surface area (Å²) in [7, 11) is 1.55. The minimum Gasteiger partial charge on any atom is -0.495 e. The van der Waals surface area contributed by atoms with Gasteiger partial charge in [-0.25, -0.2) is 9.18 Å². The van der Waals surface area contributed by atoms with Crippen LogP contribution in [0.3, 0.4) is 0 Å². The molecule has 0 aliphatic carbocycles. The number of halogens is 1. The molecule has 1 unspecified atom stereocenters. The lowest BCUT2D eigenvalue weighted by Crippen LogP contribution is -2.40. The zero-order chi connectivity index (χ0) is 19.9. The highest BCUT2D eigenvalue weighted by Gasteiger charge is 2.26. The second-order valence-electron chi connectivity index (χ2n) is 6.30. The summed E-state index contributed by atoms with van der Waals surface area (Å²) in [5, 5.41) is 6.94. The molecule has 2 amide bonds. The van der Waals surface area contributed by atoms with Gasteiger partial charge in [-0.05, 0) is 29.8 Å². The van der Waals surface area contributed by atoms with Crippen LogP contribution in [0.1, 0.15) is 12.0 Å². The summed E-state index contributed by atoms with van der Waals surface area (Å²) in [4.78, 5) is 19.8. The van der Waals surface area contributed by atoms with Crippen LogP contribution in [-0.2, 0) is 4.84 Å². The number of ether oxygens (including phenoxy) is 1. The number of benzene rings is 2. The van der Waals surface area contributed by atoms with E-state index in [4.69, 9.17) is 9.57 Å². The molecule has 0 bridgehead atoms. The first-order valence-corrected chi connectivity index (χ1v) is 8.89. The highest BCUT2D eigenvalue weighted by molar-refractivity contribution is 6.01. The third kappa shape index (κ3) is 4.68. The van der Waals surface area contributed by atoms with Crippen molar-refractivity contribution in [1.29, 1.82) is 0 Å². The Labute approximate surface area is 163 Å². The fourth-order valence-electron chi connectivity index (χ4n) is 2.92. The van der Waals surface area contributed by atoms with Gasteiger partial charge in [-0.2, -0.15) is 0 Å². The van der Waals surface area contributed by atoms with Gasteiger partial charge in [0.25, 0.3) is 0 Å². The Morgan fingerprint density at radius 3 is 2.82 bits per heavy atom. The predicted molar refractivity (Wildman–Crippen MR) is 106 cm³/mol. The summed E-state index contributed by atoms with van der Waals surface area (Å²) in [5.74, 6) is 0.276. The molecule has 1 N–H and O–H groups in total. The van der Waals surface area contributed by atoms with E-state index in [1.165, 1.54) is 12.1 Å². The van der Waals surface area contributed by atoms with Crippen molar-refractivity contribution in [3.63, 3.8) is 0 Å². The Bertz CT molecular complexity index is 867. The van der Waals surface area contributed by atoms with Crippen molar-refractivity contribution in [3.8, 4) is 5.75 Å². The highest BCUT2D eigenvalue weighted by atomic mass is 19.1. The molecule has 6 nitrogen and oxygen atoms in total. The normalized spacial score (nSPS) is 15.4. The highest BCUT2D eigenvalue weighted by Crippen LogP contribution is 2.24. The molecule has 0 spiro atoms. The van der Waals surface area contributed by atoms with Crippen LogP contribution in [0.4, 0.5) is 14.9 Å². The molecule has 1 atom stereocenters. The molecule has 0 fully saturated rings. The number of hydrogen-bond acceptors (Lipinski definition) is 4. The molecule has 0 aromatic heterocycles. The van der Waals surface area contributed by atoms with Crippen LogP contribution in [0.25, 0.3) is 0 Å². The standard InChI is InChI=1S/C21H22FN3O3/c1-3-12-25(21(26)23-18-6-4-5-7-20(18)27-2)14-17-13-19(24-28-17)15-8-10-16(22)11-9-15/h3-11,17H,1,12-14H2,2H3,(H,23,26). The SMILES string of the molecule is C=CCN(CC1CC(c2ccc(F)cc2)=NO1)C(=O)Nc1ccccc1OC. The monoisotopic (exact) mass is 383 g/mol. The smallest absolute Gasteiger partial charge is 0.322 e. The maximum absolute atomic E-state index is 13.1. The Balaban J connectivity index is 1.62. The van der Waals surface area contributed by atoms with E-state index in [0.717, 1.165) is 11.3 Å². The van der Waals surface area contributed by atoms with Gasteiger partial charge in [0.2, 0.25) is 0 Å². The lowest BCUT2D eigenvalue weighted by atomic mass is 10.0.